The summed E-state index contributed by atoms with van der Waals surface area (Å²) in [5.41, 5.74) is 0. The lowest BCUT2D eigenvalue weighted by atomic mass is 10.3. The van der Waals surface area contributed by atoms with Crippen LogP contribution in [-0.4, -0.2) is 36.9 Å². The number of amides is 3. The van der Waals surface area contributed by atoms with Gasteiger partial charge in [-0.05, 0) is 41.9 Å². The number of likely N-dealkylation sites (N-methyl/N-ethyl adjacent to an activating group) is 1. The lowest BCUT2D eigenvalue weighted by molar-refractivity contribution is -0.128. The fraction of sp³-hybridized carbons (Fsp3) is 0.417. The summed E-state index contributed by atoms with van der Waals surface area (Å²) >= 11 is 3.07. The Morgan fingerprint density at radius 3 is 2.55 bits per heavy atom. The van der Waals surface area contributed by atoms with Crippen LogP contribution < -0.4 is 16.0 Å². The highest BCUT2D eigenvalue weighted by molar-refractivity contribution is 9.10. The van der Waals surface area contributed by atoms with E-state index >= 15 is 0 Å². The first-order chi connectivity index (χ1) is 9.43. The summed E-state index contributed by atoms with van der Waals surface area (Å²) in [5.74, 6) is -1.14. The molecule has 3 amide bonds. The zero-order valence-corrected chi connectivity index (χ0v) is 12.7. The molecule has 0 bridgehead atoms. The maximum absolute atomic E-state index is 11.6. The number of furan rings is 1. The minimum absolute atomic E-state index is 0.0986. The SMILES string of the molecule is CCNC(=O)C(C)NC(=O)CNC(=O)c1ccc(Br)o1. The maximum Gasteiger partial charge on any atom is 0.287 e. The molecule has 1 rings (SSSR count). The first kappa shape index (κ1) is 16.2. The second-order valence-electron chi connectivity index (χ2n) is 3.97. The molecule has 1 unspecified atom stereocenters. The smallest absolute Gasteiger partial charge is 0.287 e. The number of hydrogen-bond acceptors (Lipinski definition) is 4. The van der Waals surface area contributed by atoms with Gasteiger partial charge in [-0.1, -0.05) is 0 Å². The summed E-state index contributed by atoms with van der Waals surface area (Å²) in [7, 11) is 0. The number of nitrogens with one attached hydrogen (secondary N) is 3. The molecule has 7 nitrogen and oxygen atoms in total. The van der Waals surface area contributed by atoms with Gasteiger partial charge in [-0.15, -0.1) is 0 Å². The van der Waals surface area contributed by atoms with E-state index in [1.807, 2.05) is 0 Å². The summed E-state index contributed by atoms with van der Waals surface area (Å²) < 4.78 is 5.47. The Kier molecular flexibility index (Phi) is 6.23. The Bertz CT molecular complexity index is 501. The van der Waals surface area contributed by atoms with Crippen molar-refractivity contribution < 1.29 is 18.8 Å². The van der Waals surface area contributed by atoms with Crippen LogP contribution in [0.1, 0.15) is 24.4 Å². The third-order valence-corrected chi connectivity index (χ3v) is 2.75. The van der Waals surface area contributed by atoms with Gasteiger partial charge in [0, 0.05) is 6.54 Å². The van der Waals surface area contributed by atoms with E-state index in [1.165, 1.54) is 6.07 Å². The lowest BCUT2D eigenvalue weighted by Gasteiger charge is -2.13. The Morgan fingerprint density at radius 2 is 2.00 bits per heavy atom. The standard InChI is InChI=1S/C12H16BrN3O4/c1-3-14-11(18)7(2)16-10(17)6-15-12(19)8-4-5-9(13)20-8/h4-5,7H,3,6H2,1-2H3,(H,14,18)(H,15,19)(H,16,17). The van der Waals surface area contributed by atoms with Crippen LogP contribution in [0.25, 0.3) is 0 Å². The van der Waals surface area contributed by atoms with Gasteiger partial charge in [0.25, 0.3) is 5.91 Å². The quantitative estimate of drug-likeness (QED) is 0.695. The molecule has 0 spiro atoms. The minimum atomic E-state index is -0.655. The number of rotatable bonds is 6. The first-order valence-electron chi connectivity index (χ1n) is 6.04. The van der Waals surface area contributed by atoms with Crippen LogP contribution in [0.3, 0.4) is 0 Å². The summed E-state index contributed by atoms with van der Waals surface area (Å²) in [4.78, 5) is 34.6. The highest BCUT2D eigenvalue weighted by Crippen LogP contribution is 2.13. The highest BCUT2D eigenvalue weighted by atomic mass is 79.9. The molecule has 0 aliphatic rings. The van der Waals surface area contributed by atoms with Gasteiger partial charge in [0.05, 0.1) is 6.54 Å². The molecule has 0 aromatic carbocycles. The summed E-state index contributed by atoms with van der Waals surface area (Å²) in [6, 6.07) is 2.40. The Morgan fingerprint density at radius 1 is 1.30 bits per heavy atom. The van der Waals surface area contributed by atoms with Crippen LogP contribution in [0.5, 0.6) is 0 Å². The maximum atomic E-state index is 11.6. The van der Waals surface area contributed by atoms with E-state index < -0.39 is 17.9 Å². The summed E-state index contributed by atoms with van der Waals surface area (Å²) in [6.07, 6.45) is 0. The predicted molar refractivity (Wildman–Crippen MR) is 75.0 cm³/mol. The largest absolute Gasteiger partial charge is 0.444 e. The molecule has 110 valence electrons. The van der Waals surface area contributed by atoms with Crippen molar-refractivity contribution in [2.75, 3.05) is 13.1 Å². The van der Waals surface area contributed by atoms with Crippen molar-refractivity contribution in [2.45, 2.75) is 19.9 Å². The van der Waals surface area contributed by atoms with Crippen LogP contribution in [0.2, 0.25) is 0 Å². The van der Waals surface area contributed by atoms with Gasteiger partial charge in [0.15, 0.2) is 10.4 Å². The van der Waals surface area contributed by atoms with E-state index in [2.05, 4.69) is 31.9 Å². The van der Waals surface area contributed by atoms with Gasteiger partial charge in [0.1, 0.15) is 6.04 Å². The molecule has 0 radical (unpaired) electrons. The molecule has 20 heavy (non-hydrogen) atoms. The van der Waals surface area contributed by atoms with Gasteiger partial charge < -0.3 is 20.4 Å². The number of carbonyl (C=O) groups excluding carboxylic acids is 3. The molecular formula is C12H16BrN3O4. The summed E-state index contributed by atoms with van der Waals surface area (Å²) in [5, 5.41) is 7.44. The van der Waals surface area contributed by atoms with E-state index in [-0.39, 0.29) is 18.2 Å². The van der Waals surface area contributed by atoms with Gasteiger partial charge in [-0.2, -0.15) is 0 Å². The second kappa shape index (κ2) is 7.68. The zero-order valence-electron chi connectivity index (χ0n) is 11.2. The molecular weight excluding hydrogens is 330 g/mol. The number of carbonyl (C=O) groups is 3. The van der Waals surface area contributed by atoms with Crippen molar-refractivity contribution in [2.24, 2.45) is 0 Å². The third kappa shape index (κ3) is 5.04. The molecule has 8 heteroatoms. The lowest BCUT2D eigenvalue weighted by Crippen LogP contribution is -2.47. The van der Waals surface area contributed by atoms with Crippen LogP contribution in [0.15, 0.2) is 21.2 Å². The molecule has 3 N–H and O–H groups in total. The molecule has 1 aromatic rings. The topological polar surface area (TPSA) is 100 Å². The third-order valence-electron chi connectivity index (χ3n) is 2.33. The van der Waals surface area contributed by atoms with Gasteiger partial charge in [-0.3, -0.25) is 14.4 Å². The average Bonchev–Trinajstić information content (AvgIpc) is 2.83. The normalized spacial score (nSPS) is 11.6. The molecule has 0 fully saturated rings. The van der Waals surface area contributed by atoms with Crippen molar-refractivity contribution in [3.63, 3.8) is 0 Å². The molecule has 0 saturated carbocycles. The Balaban J connectivity index is 2.36. The Labute approximate surface area is 124 Å². The summed E-state index contributed by atoms with van der Waals surface area (Å²) in [6.45, 7) is 3.60. The van der Waals surface area contributed by atoms with Crippen LogP contribution in [0.4, 0.5) is 0 Å². The van der Waals surface area contributed by atoms with Crippen molar-refractivity contribution in [1.82, 2.24) is 16.0 Å². The first-order valence-corrected chi connectivity index (χ1v) is 6.84. The minimum Gasteiger partial charge on any atom is -0.444 e. The van der Waals surface area contributed by atoms with Crippen molar-refractivity contribution >= 4 is 33.7 Å². The van der Waals surface area contributed by atoms with E-state index in [4.69, 9.17) is 4.42 Å². The Hall–Kier alpha value is -1.83. The van der Waals surface area contributed by atoms with Gasteiger partial charge in [0.2, 0.25) is 11.8 Å². The van der Waals surface area contributed by atoms with Crippen molar-refractivity contribution in [1.29, 1.82) is 0 Å². The molecule has 1 heterocycles. The highest BCUT2D eigenvalue weighted by Gasteiger charge is 2.16. The van der Waals surface area contributed by atoms with Crippen molar-refractivity contribution in [3.8, 4) is 0 Å². The monoisotopic (exact) mass is 345 g/mol. The number of halogens is 1. The van der Waals surface area contributed by atoms with Crippen LogP contribution in [0, 0.1) is 0 Å². The average molecular weight is 346 g/mol. The zero-order chi connectivity index (χ0) is 15.1. The van der Waals surface area contributed by atoms with Gasteiger partial charge >= 0.3 is 0 Å². The fourth-order valence-corrected chi connectivity index (χ4v) is 1.68. The second-order valence-corrected chi connectivity index (χ2v) is 4.75. The van der Waals surface area contributed by atoms with Gasteiger partial charge in [-0.25, -0.2) is 0 Å². The van der Waals surface area contributed by atoms with E-state index in [1.54, 1.807) is 19.9 Å². The van der Waals surface area contributed by atoms with E-state index in [9.17, 15) is 14.4 Å². The van der Waals surface area contributed by atoms with Crippen LogP contribution >= 0.6 is 15.9 Å². The van der Waals surface area contributed by atoms with Crippen molar-refractivity contribution in [3.05, 3.63) is 22.6 Å². The van der Waals surface area contributed by atoms with E-state index in [0.717, 1.165) is 0 Å². The molecule has 1 aromatic heterocycles. The predicted octanol–water partition coefficient (Wildman–Crippen LogP) is 0.413. The molecule has 0 saturated heterocycles. The number of hydrogen-bond donors (Lipinski definition) is 3. The molecule has 0 aliphatic carbocycles. The van der Waals surface area contributed by atoms with E-state index in [0.29, 0.717) is 11.2 Å². The molecule has 0 aliphatic heterocycles. The molecule has 1 atom stereocenters. The fourth-order valence-electron chi connectivity index (χ4n) is 1.37. The van der Waals surface area contributed by atoms with Crippen LogP contribution in [-0.2, 0) is 9.59 Å².